The Bertz CT molecular complexity index is 1120. The highest BCUT2D eigenvalue weighted by Gasteiger charge is 2.30. The van der Waals surface area contributed by atoms with E-state index in [1.165, 1.54) is 21.8 Å². The summed E-state index contributed by atoms with van der Waals surface area (Å²) in [6.07, 6.45) is 2.32. The maximum Gasteiger partial charge on any atom is 0.192 e. The molecule has 1 fully saturated rings. The molecule has 4 aromatic rings. The van der Waals surface area contributed by atoms with Crippen molar-refractivity contribution in [1.82, 2.24) is 14.8 Å². The van der Waals surface area contributed by atoms with E-state index in [0.717, 1.165) is 39.1 Å². The normalized spacial score (nSPS) is 14.1. The highest BCUT2D eigenvalue weighted by Crippen LogP contribution is 2.42. The van der Waals surface area contributed by atoms with E-state index in [1.807, 2.05) is 25.1 Å². The Morgan fingerprint density at radius 2 is 2.07 bits per heavy atom. The lowest BCUT2D eigenvalue weighted by Crippen LogP contribution is -2.04. The summed E-state index contributed by atoms with van der Waals surface area (Å²) in [5.74, 6) is 1.49. The van der Waals surface area contributed by atoms with Gasteiger partial charge >= 0.3 is 0 Å². The lowest BCUT2D eigenvalue weighted by atomic mass is 10.1. The van der Waals surface area contributed by atoms with Crippen molar-refractivity contribution in [2.75, 3.05) is 5.75 Å². The predicted octanol–water partition coefficient (Wildman–Crippen LogP) is 5.84. The molecule has 0 radical (unpaired) electrons. The highest BCUT2D eigenvalue weighted by molar-refractivity contribution is 7.99. The van der Waals surface area contributed by atoms with Crippen LogP contribution >= 0.6 is 34.4 Å². The Hall–Kier alpha value is -1.96. The molecule has 27 heavy (non-hydrogen) atoms. The molecule has 0 saturated heterocycles. The maximum absolute atomic E-state index is 12.9. The number of aryl methyl sites for hydroxylation is 1. The second kappa shape index (κ2) is 6.89. The first-order chi connectivity index (χ1) is 13.2. The van der Waals surface area contributed by atoms with Gasteiger partial charge in [-0.3, -0.25) is 9.36 Å². The first-order valence-electron chi connectivity index (χ1n) is 8.85. The average molecular weight is 412 g/mol. The summed E-state index contributed by atoms with van der Waals surface area (Å²) >= 11 is 4.77. The van der Waals surface area contributed by atoms with Crippen molar-refractivity contribution < 1.29 is 4.79 Å². The fourth-order valence-corrected chi connectivity index (χ4v) is 6.07. The van der Waals surface area contributed by atoms with Crippen molar-refractivity contribution in [2.45, 2.75) is 31.0 Å². The molecule has 0 unspecified atom stereocenters. The third-order valence-corrected chi connectivity index (χ3v) is 7.87. The fourth-order valence-electron chi connectivity index (χ4n) is 3.25. The minimum atomic E-state index is 0.168. The van der Waals surface area contributed by atoms with Gasteiger partial charge in [0, 0.05) is 10.7 Å². The molecule has 1 aromatic carbocycles. The van der Waals surface area contributed by atoms with Crippen molar-refractivity contribution in [2.24, 2.45) is 0 Å². The Balaban J connectivity index is 1.40. The summed E-state index contributed by atoms with van der Waals surface area (Å²) in [5, 5.41) is 12.9. The van der Waals surface area contributed by atoms with Gasteiger partial charge in [-0.2, -0.15) is 0 Å². The Morgan fingerprint density at radius 3 is 2.81 bits per heavy atom. The van der Waals surface area contributed by atoms with Crippen LogP contribution < -0.4 is 0 Å². The van der Waals surface area contributed by atoms with Gasteiger partial charge in [-0.25, -0.2) is 0 Å². The molecule has 1 aliphatic carbocycles. The predicted molar refractivity (Wildman–Crippen MR) is 113 cm³/mol. The molecule has 0 spiro atoms. The van der Waals surface area contributed by atoms with Crippen LogP contribution in [0.4, 0.5) is 0 Å². The zero-order valence-corrected chi connectivity index (χ0v) is 17.2. The molecular weight excluding hydrogens is 394 g/mol. The van der Waals surface area contributed by atoms with Gasteiger partial charge in [-0.05, 0) is 48.2 Å². The van der Waals surface area contributed by atoms with Gasteiger partial charge in [0.05, 0.1) is 15.5 Å². The number of hydrogen-bond acceptors (Lipinski definition) is 6. The molecule has 4 nitrogen and oxygen atoms in total. The third-order valence-electron chi connectivity index (χ3n) is 4.75. The SMILES string of the molecule is Cc1c(C(=O)CSc2nnc(-c3cccs3)n2C2CC2)sc2ccccc12. The number of thioether (sulfide) groups is 1. The van der Waals surface area contributed by atoms with Gasteiger partial charge in [0.15, 0.2) is 16.8 Å². The van der Waals surface area contributed by atoms with Gasteiger partial charge < -0.3 is 0 Å². The Labute approximate surface area is 169 Å². The van der Waals surface area contributed by atoms with Crippen molar-refractivity contribution in [3.8, 4) is 10.7 Å². The number of benzene rings is 1. The third kappa shape index (κ3) is 3.13. The molecule has 0 bridgehead atoms. The van der Waals surface area contributed by atoms with Crippen LogP contribution in [-0.2, 0) is 0 Å². The van der Waals surface area contributed by atoms with Crippen LogP contribution in [0, 0.1) is 6.92 Å². The number of thiophene rings is 2. The van der Waals surface area contributed by atoms with E-state index < -0.39 is 0 Å². The first kappa shape index (κ1) is 17.2. The molecule has 7 heteroatoms. The molecule has 0 N–H and O–H groups in total. The van der Waals surface area contributed by atoms with E-state index in [2.05, 4.69) is 38.3 Å². The smallest absolute Gasteiger partial charge is 0.192 e. The lowest BCUT2D eigenvalue weighted by molar-refractivity contribution is 0.102. The summed E-state index contributed by atoms with van der Waals surface area (Å²) in [7, 11) is 0. The van der Waals surface area contributed by atoms with Crippen LogP contribution in [0.25, 0.3) is 20.8 Å². The quantitative estimate of drug-likeness (QED) is 0.295. The van der Waals surface area contributed by atoms with E-state index in [4.69, 9.17) is 0 Å². The van der Waals surface area contributed by atoms with E-state index in [-0.39, 0.29) is 5.78 Å². The van der Waals surface area contributed by atoms with Crippen LogP contribution in [-0.4, -0.2) is 26.3 Å². The molecule has 0 atom stereocenters. The molecule has 3 heterocycles. The number of aromatic nitrogens is 3. The standard InChI is InChI=1S/C20H17N3OS3/c1-12-14-5-2-3-6-16(14)27-18(12)15(24)11-26-20-22-21-19(17-7-4-10-25-17)23(20)13-8-9-13/h2-7,10,13H,8-9,11H2,1H3. The largest absolute Gasteiger partial charge is 0.298 e. The zero-order valence-electron chi connectivity index (χ0n) is 14.7. The first-order valence-corrected chi connectivity index (χ1v) is 11.5. The number of carbonyl (C=O) groups excluding carboxylic acids is 1. The summed E-state index contributed by atoms with van der Waals surface area (Å²) in [4.78, 5) is 14.9. The molecule has 3 aromatic heterocycles. The number of rotatable bonds is 6. The summed E-state index contributed by atoms with van der Waals surface area (Å²) < 4.78 is 3.39. The number of hydrogen-bond donors (Lipinski definition) is 0. The molecule has 0 amide bonds. The number of nitrogens with zero attached hydrogens (tertiary/aromatic N) is 3. The Morgan fingerprint density at radius 1 is 1.22 bits per heavy atom. The van der Waals surface area contributed by atoms with Gasteiger partial charge in [-0.15, -0.1) is 32.9 Å². The van der Waals surface area contributed by atoms with E-state index >= 15 is 0 Å². The van der Waals surface area contributed by atoms with E-state index in [1.54, 1.807) is 22.7 Å². The van der Waals surface area contributed by atoms with Crippen molar-refractivity contribution in [1.29, 1.82) is 0 Å². The summed E-state index contributed by atoms with van der Waals surface area (Å²) in [6, 6.07) is 12.8. The molecule has 1 saturated carbocycles. The summed E-state index contributed by atoms with van der Waals surface area (Å²) in [6.45, 7) is 2.04. The monoisotopic (exact) mass is 411 g/mol. The van der Waals surface area contributed by atoms with E-state index in [0.29, 0.717) is 11.8 Å². The summed E-state index contributed by atoms with van der Waals surface area (Å²) in [5.41, 5.74) is 1.09. The van der Waals surface area contributed by atoms with Gasteiger partial charge in [0.2, 0.25) is 0 Å². The molecular formula is C20H17N3OS3. The second-order valence-corrected chi connectivity index (χ2v) is 9.59. The number of ketones is 1. The second-order valence-electron chi connectivity index (χ2n) is 6.65. The maximum atomic E-state index is 12.9. The molecule has 136 valence electrons. The molecule has 0 aliphatic heterocycles. The fraction of sp³-hybridized carbons (Fsp3) is 0.250. The number of carbonyl (C=O) groups is 1. The highest BCUT2D eigenvalue weighted by atomic mass is 32.2. The minimum Gasteiger partial charge on any atom is -0.298 e. The van der Waals surface area contributed by atoms with Crippen LogP contribution in [0.5, 0.6) is 0 Å². The Kier molecular flexibility index (Phi) is 4.38. The van der Waals surface area contributed by atoms with Gasteiger partial charge in [-0.1, -0.05) is 36.0 Å². The van der Waals surface area contributed by atoms with Crippen molar-refractivity contribution in [3.05, 3.63) is 52.2 Å². The van der Waals surface area contributed by atoms with Gasteiger partial charge in [0.1, 0.15) is 0 Å². The van der Waals surface area contributed by atoms with Crippen LogP contribution in [0.2, 0.25) is 0 Å². The minimum absolute atomic E-state index is 0.168. The van der Waals surface area contributed by atoms with Crippen LogP contribution in [0.1, 0.15) is 34.1 Å². The average Bonchev–Trinajstić information content (AvgIpc) is 3.09. The lowest BCUT2D eigenvalue weighted by Gasteiger charge is -2.07. The molecule has 5 rings (SSSR count). The number of Topliss-reactive ketones (excluding diaryl/α,β-unsaturated/α-hetero) is 1. The van der Waals surface area contributed by atoms with Gasteiger partial charge in [0.25, 0.3) is 0 Å². The molecule has 1 aliphatic rings. The van der Waals surface area contributed by atoms with Crippen molar-refractivity contribution >= 4 is 50.3 Å². The van der Waals surface area contributed by atoms with Crippen LogP contribution in [0.15, 0.2) is 46.9 Å². The van der Waals surface area contributed by atoms with E-state index in [9.17, 15) is 4.79 Å². The number of fused-ring (bicyclic) bond motifs is 1. The topological polar surface area (TPSA) is 47.8 Å². The van der Waals surface area contributed by atoms with Crippen LogP contribution in [0.3, 0.4) is 0 Å². The van der Waals surface area contributed by atoms with Crippen molar-refractivity contribution in [3.63, 3.8) is 0 Å². The zero-order chi connectivity index (χ0) is 18.4.